The number of amides is 1. The average molecular weight is 444 g/mol. The van der Waals surface area contributed by atoms with E-state index < -0.39 is 11.2 Å². The molecule has 0 saturated heterocycles. The van der Waals surface area contributed by atoms with Crippen LogP contribution in [0.4, 0.5) is 9.18 Å². The number of benzene rings is 2. The van der Waals surface area contributed by atoms with Gasteiger partial charge in [0.15, 0.2) is 0 Å². The molecule has 0 radical (unpaired) electrons. The Morgan fingerprint density at radius 1 is 1.26 bits per heavy atom. The minimum atomic E-state index is -0.801. The maximum atomic E-state index is 14.6. The van der Waals surface area contributed by atoms with Gasteiger partial charge >= 0.3 is 6.09 Å². The van der Waals surface area contributed by atoms with Crippen molar-refractivity contribution >= 4 is 23.3 Å². The quantitative estimate of drug-likeness (QED) is 0.542. The zero-order valence-corrected chi connectivity index (χ0v) is 19.1. The van der Waals surface area contributed by atoms with Crippen LogP contribution < -0.4 is 4.74 Å². The highest BCUT2D eigenvalue weighted by Crippen LogP contribution is 2.45. The molecule has 0 aliphatic carbocycles. The van der Waals surface area contributed by atoms with Gasteiger partial charge in [0.2, 0.25) is 0 Å². The first-order chi connectivity index (χ1) is 14.6. The van der Waals surface area contributed by atoms with Gasteiger partial charge in [-0.15, -0.1) is 0 Å². The van der Waals surface area contributed by atoms with Gasteiger partial charge in [0.05, 0.1) is 0 Å². The van der Waals surface area contributed by atoms with Gasteiger partial charge in [0.1, 0.15) is 22.8 Å². The fourth-order valence-corrected chi connectivity index (χ4v) is 4.39. The summed E-state index contributed by atoms with van der Waals surface area (Å²) in [4.78, 5) is 14.1. The lowest BCUT2D eigenvalue weighted by Crippen LogP contribution is -2.39. The number of hydrogen-bond acceptors (Lipinski definition) is 3. The smallest absolute Gasteiger partial charge is 0.410 e. The molecule has 2 aromatic rings. The zero-order valence-electron chi connectivity index (χ0n) is 18.3. The van der Waals surface area contributed by atoms with Gasteiger partial charge < -0.3 is 14.4 Å². The number of ether oxygens (including phenoxy) is 2. The van der Waals surface area contributed by atoms with Gasteiger partial charge in [-0.1, -0.05) is 35.9 Å². The van der Waals surface area contributed by atoms with Gasteiger partial charge in [-0.05, 0) is 63.5 Å². The summed E-state index contributed by atoms with van der Waals surface area (Å²) in [5.41, 5.74) is 2.51. The molecule has 164 valence electrons. The lowest BCUT2D eigenvalue weighted by Gasteiger charge is -2.30. The predicted molar refractivity (Wildman–Crippen MR) is 120 cm³/mol. The highest BCUT2D eigenvalue weighted by atomic mass is 35.5. The molecule has 0 N–H and O–H groups in total. The Kier molecular flexibility index (Phi) is 5.50. The summed E-state index contributed by atoms with van der Waals surface area (Å²) in [6.45, 7) is 8.59. The van der Waals surface area contributed by atoms with E-state index >= 15 is 0 Å². The predicted octanol–water partition coefficient (Wildman–Crippen LogP) is 6.35. The average Bonchev–Trinajstić information content (AvgIpc) is 3.03. The van der Waals surface area contributed by atoms with E-state index in [-0.39, 0.29) is 11.9 Å². The largest absolute Gasteiger partial charge is 0.482 e. The molecule has 6 heteroatoms. The minimum Gasteiger partial charge on any atom is -0.482 e. The van der Waals surface area contributed by atoms with Crippen LogP contribution in [-0.4, -0.2) is 29.7 Å². The molecule has 4 nitrogen and oxygen atoms in total. The number of carbonyl (C=O) groups is 1. The molecule has 4 rings (SSSR count). The summed E-state index contributed by atoms with van der Waals surface area (Å²) in [5, 5.41) is 0.364. The summed E-state index contributed by atoms with van der Waals surface area (Å²) in [5.74, 6) is 0.402. The Labute approximate surface area is 187 Å². The molecule has 0 fully saturated rings. The molecule has 1 unspecified atom stereocenters. The summed E-state index contributed by atoms with van der Waals surface area (Å²) in [6, 6.07) is 10.7. The first kappa shape index (κ1) is 21.7. The summed E-state index contributed by atoms with van der Waals surface area (Å²) in [7, 11) is 0. The molecule has 0 aromatic heterocycles. The van der Waals surface area contributed by atoms with Crippen molar-refractivity contribution in [3.63, 3.8) is 0 Å². The second-order valence-electron chi connectivity index (χ2n) is 9.32. The molecular formula is C25H27ClFNO3. The highest BCUT2D eigenvalue weighted by Gasteiger charge is 2.40. The molecule has 0 saturated carbocycles. The Hall–Kier alpha value is -2.53. The van der Waals surface area contributed by atoms with Crippen molar-refractivity contribution < 1.29 is 18.7 Å². The maximum Gasteiger partial charge on any atom is 0.410 e. The third kappa shape index (κ3) is 4.42. The Morgan fingerprint density at radius 3 is 2.68 bits per heavy atom. The Morgan fingerprint density at radius 2 is 2.03 bits per heavy atom. The van der Waals surface area contributed by atoms with E-state index in [1.165, 1.54) is 11.6 Å². The van der Waals surface area contributed by atoms with E-state index in [2.05, 4.69) is 12.1 Å². The summed E-state index contributed by atoms with van der Waals surface area (Å²) in [6.07, 6.45) is 3.06. The zero-order chi connectivity index (χ0) is 22.4. The second-order valence-corrected chi connectivity index (χ2v) is 9.76. The third-order valence-electron chi connectivity index (χ3n) is 5.69. The molecule has 2 aliphatic heterocycles. The molecule has 0 bridgehead atoms. The van der Waals surface area contributed by atoms with Crippen LogP contribution in [0.15, 0.2) is 42.5 Å². The Bertz CT molecular complexity index is 1060. The van der Waals surface area contributed by atoms with Crippen LogP contribution in [0.3, 0.4) is 0 Å². The van der Waals surface area contributed by atoms with Crippen LogP contribution in [0.1, 0.15) is 50.8 Å². The van der Waals surface area contributed by atoms with E-state index in [4.69, 9.17) is 21.1 Å². The van der Waals surface area contributed by atoms with Crippen LogP contribution in [0.2, 0.25) is 5.02 Å². The van der Waals surface area contributed by atoms with Crippen molar-refractivity contribution in [3.8, 4) is 5.75 Å². The lowest BCUT2D eigenvalue weighted by molar-refractivity contribution is 0.0270. The van der Waals surface area contributed by atoms with E-state index in [1.807, 2.05) is 39.8 Å². The highest BCUT2D eigenvalue weighted by molar-refractivity contribution is 6.30. The monoisotopic (exact) mass is 443 g/mol. The fourth-order valence-electron chi connectivity index (χ4n) is 4.24. The molecular weight excluding hydrogens is 417 g/mol. The van der Waals surface area contributed by atoms with Crippen molar-refractivity contribution in [1.82, 2.24) is 4.90 Å². The van der Waals surface area contributed by atoms with Gasteiger partial charge in [-0.3, -0.25) is 0 Å². The minimum absolute atomic E-state index is 0.296. The van der Waals surface area contributed by atoms with E-state index in [1.54, 1.807) is 17.0 Å². The van der Waals surface area contributed by atoms with Crippen LogP contribution in [-0.2, 0) is 16.8 Å². The summed E-state index contributed by atoms with van der Waals surface area (Å²) < 4.78 is 26.4. The van der Waals surface area contributed by atoms with E-state index in [9.17, 15) is 9.18 Å². The normalized spacial score (nSPS) is 20.7. The van der Waals surface area contributed by atoms with Gasteiger partial charge in [0.25, 0.3) is 0 Å². The first-order valence-electron chi connectivity index (χ1n) is 10.5. The van der Waals surface area contributed by atoms with Crippen molar-refractivity contribution in [3.05, 3.63) is 70.0 Å². The molecule has 1 atom stereocenters. The first-order valence-corrected chi connectivity index (χ1v) is 10.9. The molecule has 2 aromatic carbocycles. The molecule has 0 spiro atoms. The van der Waals surface area contributed by atoms with Crippen LogP contribution in [0.25, 0.3) is 5.57 Å². The number of carbonyl (C=O) groups excluding carboxylic acids is 1. The van der Waals surface area contributed by atoms with Gasteiger partial charge in [-0.2, -0.15) is 0 Å². The molecule has 2 aliphatic rings. The topological polar surface area (TPSA) is 38.8 Å². The maximum absolute atomic E-state index is 14.6. The SMILES string of the molecule is CC(C)(C)OC(=O)N1CC=C(c2cccc3c2CC(C)(c2ccc(Cl)cc2F)O3)CC1. The van der Waals surface area contributed by atoms with Crippen molar-refractivity contribution in [2.24, 2.45) is 0 Å². The van der Waals surface area contributed by atoms with E-state index in [0.717, 1.165) is 23.3 Å². The molecule has 31 heavy (non-hydrogen) atoms. The van der Waals surface area contributed by atoms with Gasteiger partial charge in [-0.25, -0.2) is 9.18 Å². The second kappa shape index (κ2) is 7.86. The van der Waals surface area contributed by atoms with Crippen LogP contribution >= 0.6 is 11.6 Å². The lowest BCUT2D eigenvalue weighted by atomic mass is 9.86. The van der Waals surface area contributed by atoms with Gasteiger partial charge in [0, 0.05) is 35.7 Å². The molecule has 2 heterocycles. The fraction of sp³-hybridized carbons (Fsp3) is 0.400. The van der Waals surface area contributed by atoms with Crippen LogP contribution in [0.5, 0.6) is 5.75 Å². The number of nitrogens with zero attached hydrogens (tertiary/aromatic N) is 1. The number of halogens is 2. The molecule has 1 amide bonds. The van der Waals surface area contributed by atoms with Crippen molar-refractivity contribution in [1.29, 1.82) is 0 Å². The third-order valence-corrected chi connectivity index (χ3v) is 5.93. The van der Waals surface area contributed by atoms with Crippen molar-refractivity contribution in [2.75, 3.05) is 13.1 Å². The summed E-state index contributed by atoms with van der Waals surface area (Å²) >= 11 is 5.93. The number of rotatable bonds is 2. The number of hydrogen-bond donors (Lipinski definition) is 0. The number of fused-ring (bicyclic) bond motifs is 1. The standard InChI is InChI=1S/C25H27ClFNO3/c1-24(2,3)31-23(29)28-12-10-16(11-13-28)18-6-5-7-22-19(18)15-25(4,30-22)20-9-8-17(26)14-21(20)27/h5-10,14H,11-13,15H2,1-4H3. The van der Waals surface area contributed by atoms with Crippen molar-refractivity contribution in [2.45, 2.75) is 51.7 Å². The Balaban J connectivity index is 1.57. The van der Waals surface area contributed by atoms with E-state index in [0.29, 0.717) is 30.1 Å². The van der Waals surface area contributed by atoms with Crippen LogP contribution in [0, 0.1) is 5.82 Å².